The van der Waals surface area contributed by atoms with Crippen molar-refractivity contribution in [2.45, 2.75) is 43.9 Å². The molecular weight excluding hydrogens is 228 g/mol. The van der Waals surface area contributed by atoms with Crippen molar-refractivity contribution in [3.63, 3.8) is 0 Å². The molecule has 0 bridgehead atoms. The molecule has 1 aromatic carbocycles. The SMILES string of the molecule is O=C(O)C1(c2cccc3c2OCC3)CCCCC1. The second-order valence-corrected chi connectivity index (χ2v) is 5.34. The summed E-state index contributed by atoms with van der Waals surface area (Å²) in [5.74, 6) is 0.160. The van der Waals surface area contributed by atoms with Gasteiger partial charge in [-0.05, 0) is 18.4 Å². The Balaban J connectivity index is 2.11. The van der Waals surface area contributed by atoms with Crippen LogP contribution in [0.5, 0.6) is 5.75 Å². The molecule has 1 fully saturated rings. The van der Waals surface area contributed by atoms with Crippen LogP contribution in [0.1, 0.15) is 43.2 Å². The third-order valence-corrected chi connectivity index (χ3v) is 4.35. The van der Waals surface area contributed by atoms with Crippen LogP contribution in [0.25, 0.3) is 0 Å². The van der Waals surface area contributed by atoms with E-state index in [9.17, 15) is 9.90 Å². The Morgan fingerprint density at radius 2 is 2.00 bits per heavy atom. The van der Waals surface area contributed by atoms with Gasteiger partial charge in [-0.3, -0.25) is 4.79 Å². The van der Waals surface area contributed by atoms with Gasteiger partial charge in [0, 0.05) is 12.0 Å². The maximum atomic E-state index is 11.8. The molecule has 1 saturated carbocycles. The first-order valence-corrected chi connectivity index (χ1v) is 6.73. The molecule has 1 aromatic rings. The minimum atomic E-state index is -0.714. The largest absolute Gasteiger partial charge is 0.493 e. The van der Waals surface area contributed by atoms with Gasteiger partial charge in [-0.1, -0.05) is 37.5 Å². The van der Waals surface area contributed by atoms with Crippen LogP contribution in [0.4, 0.5) is 0 Å². The molecule has 3 heteroatoms. The molecule has 1 N–H and O–H groups in total. The minimum Gasteiger partial charge on any atom is -0.493 e. The topological polar surface area (TPSA) is 46.5 Å². The predicted octanol–water partition coefficient (Wildman–Crippen LogP) is 2.91. The molecule has 0 saturated heterocycles. The van der Waals surface area contributed by atoms with Gasteiger partial charge in [-0.15, -0.1) is 0 Å². The number of carboxylic acids is 1. The normalized spacial score (nSPS) is 21.1. The van der Waals surface area contributed by atoms with E-state index in [1.807, 2.05) is 18.2 Å². The highest BCUT2D eigenvalue weighted by Crippen LogP contribution is 2.45. The maximum Gasteiger partial charge on any atom is 0.314 e. The van der Waals surface area contributed by atoms with Crippen LogP contribution in [-0.2, 0) is 16.6 Å². The molecule has 3 rings (SSSR count). The Kier molecular flexibility index (Phi) is 2.77. The third-order valence-electron chi connectivity index (χ3n) is 4.35. The molecule has 0 amide bonds. The average Bonchev–Trinajstić information content (AvgIpc) is 2.87. The van der Waals surface area contributed by atoms with Crippen molar-refractivity contribution in [2.75, 3.05) is 6.61 Å². The van der Waals surface area contributed by atoms with Gasteiger partial charge in [0.2, 0.25) is 0 Å². The number of fused-ring (bicyclic) bond motifs is 1. The van der Waals surface area contributed by atoms with Gasteiger partial charge in [0.1, 0.15) is 5.75 Å². The van der Waals surface area contributed by atoms with Gasteiger partial charge < -0.3 is 9.84 Å². The maximum absolute atomic E-state index is 11.8. The monoisotopic (exact) mass is 246 g/mol. The second kappa shape index (κ2) is 4.30. The summed E-state index contributed by atoms with van der Waals surface area (Å²) >= 11 is 0. The third kappa shape index (κ3) is 1.61. The predicted molar refractivity (Wildman–Crippen MR) is 68.0 cm³/mol. The highest BCUT2D eigenvalue weighted by atomic mass is 16.5. The first-order chi connectivity index (χ1) is 8.74. The highest BCUT2D eigenvalue weighted by Gasteiger charge is 2.44. The Hall–Kier alpha value is -1.51. The molecule has 0 atom stereocenters. The van der Waals surface area contributed by atoms with Crippen LogP contribution in [0, 0.1) is 0 Å². The van der Waals surface area contributed by atoms with Gasteiger partial charge in [0.05, 0.1) is 12.0 Å². The molecule has 0 radical (unpaired) electrons. The molecule has 96 valence electrons. The summed E-state index contributed by atoms with van der Waals surface area (Å²) in [5, 5.41) is 9.72. The van der Waals surface area contributed by atoms with Crippen molar-refractivity contribution in [2.24, 2.45) is 0 Å². The van der Waals surface area contributed by atoms with E-state index in [0.29, 0.717) is 6.61 Å². The van der Waals surface area contributed by atoms with E-state index in [1.165, 1.54) is 5.56 Å². The van der Waals surface area contributed by atoms with Crippen molar-refractivity contribution in [3.8, 4) is 5.75 Å². The first-order valence-electron chi connectivity index (χ1n) is 6.73. The number of rotatable bonds is 2. The molecule has 0 aromatic heterocycles. The number of hydrogen-bond acceptors (Lipinski definition) is 2. The number of para-hydroxylation sites is 1. The van der Waals surface area contributed by atoms with Crippen molar-refractivity contribution in [1.29, 1.82) is 0 Å². The molecule has 3 nitrogen and oxygen atoms in total. The summed E-state index contributed by atoms with van der Waals surface area (Å²) < 4.78 is 5.69. The lowest BCUT2D eigenvalue weighted by Gasteiger charge is -2.34. The molecule has 1 aliphatic heterocycles. The van der Waals surface area contributed by atoms with E-state index >= 15 is 0 Å². The van der Waals surface area contributed by atoms with E-state index in [1.54, 1.807) is 0 Å². The Morgan fingerprint density at radius 3 is 2.72 bits per heavy atom. The average molecular weight is 246 g/mol. The highest BCUT2D eigenvalue weighted by molar-refractivity contribution is 5.83. The second-order valence-electron chi connectivity index (χ2n) is 5.34. The van der Waals surface area contributed by atoms with E-state index < -0.39 is 11.4 Å². The van der Waals surface area contributed by atoms with Gasteiger partial charge >= 0.3 is 5.97 Å². The molecule has 18 heavy (non-hydrogen) atoms. The van der Waals surface area contributed by atoms with Crippen LogP contribution in [0.3, 0.4) is 0 Å². The summed E-state index contributed by atoms with van der Waals surface area (Å²) in [6.07, 6.45) is 5.51. The summed E-state index contributed by atoms with van der Waals surface area (Å²) in [6, 6.07) is 5.97. The lowest BCUT2D eigenvalue weighted by Crippen LogP contribution is -2.38. The van der Waals surface area contributed by atoms with Crippen LogP contribution < -0.4 is 4.74 Å². The Bertz CT molecular complexity index is 473. The number of hydrogen-bond donors (Lipinski definition) is 1. The number of carbonyl (C=O) groups is 1. The zero-order chi connectivity index (χ0) is 12.6. The molecule has 2 aliphatic rings. The molecule has 0 spiro atoms. The Labute approximate surface area is 107 Å². The zero-order valence-corrected chi connectivity index (χ0v) is 10.4. The van der Waals surface area contributed by atoms with Crippen LogP contribution >= 0.6 is 0 Å². The van der Waals surface area contributed by atoms with Crippen molar-refractivity contribution in [3.05, 3.63) is 29.3 Å². The number of benzene rings is 1. The van der Waals surface area contributed by atoms with Crippen LogP contribution in [0.15, 0.2) is 18.2 Å². The fourth-order valence-corrected chi connectivity index (χ4v) is 3.35. The summed E-state index contributed by atoms with van der Waals surface area (Å²) in [6.45, 7) is 0.683. The van der Waals surface area contributed by atoms with Crippen molar-refractivity contribution < 1.29 is 14.6 Å². The van der Waals surface area contributed by atoms with Gasteiger partial charge in [-0.25, -0.2) is 0 Å². The van der Waals surface area contributed by atoms with Crippen molar-refractivity contribution >= 4 is 5.97 Å². The van der Waals surface area contributed by atoms with Gasteiger partial charge in [0.15, 0.2) is 0 Å². The molecule has 1 heterocycles. The van der Waals surface area contributed by atoms with Crippen LogP contribution in [-0.4, -0.2) is 17.7 Å². The molecular formula is C15H18O3. The number of ether oxygens (including phenoxy) is 1. The van der Waals surface area contributed by atoms with Crippen LogP contribution in [0.2, 0.25) is 0 Å². The summed E-state index contributed by atoms with van der Waals surface area (Å²) in [5.41, 5.74) is 1.36. The number of aliphatic carboxylic acids is 1. The lowest BCUT2D eigenvalue weighted by atomic mass is 9.69. The zero-order valence-electron chi connectivity index (χ0n) is 10.4. The van der Waals surface area contributed by atoms with Gasteiger partial charge in [-0.2, -0.15) is 0 Å². The summed E-state index contributed by atoms with van der Waals surface area (Å²) in [7, 11) is 0. The lowest BCUT2D eigenvalue weighted by molar-refractivity contribution is -0.145. The van der Waals surface area contributed by atoms with E-state index in [0.717, 1.165) is 49.8 Å². The fraction of sp³-hybridized carbons (Fsp3) is 0.533. The smallest absolute Gasteiger partial charge is 0.314 e. The van der Waals surface area contributed by atoms with E-state index in [-0.39, 0.29) is 0 Å². The fourth-order valence-electron chi connectivity index (χ4n) is 3.35. The number of carboxylic acid groups (broad SMARTS) is 1. The molecule has 1 aliphatic carbocycles. The van der Waals surface area contributed by atoms with Crippen molar-refractivity contribution in [1.82, 2.24) is 0 Å². The van der Waals surface area contributed by atoms with E-state index in [2.05, 4.69) is 0 Å². The molecule has 0 unspecified atom stereocenters. The van der Waals surface area contributed by atoms with E-state index in [4.69, 9.17) is 4.74 Å². The van der Waals surface area contributed by atoms with Gasteiger partial charge in [0.25, 0.3) is 0 Å². The summed E-state index contributed by atoms with van der Waals surface area (Å²) in [4.78, 5) is 11.8. The minimum absolute atomic E-state index is 0.683. The first kappa shape index (κ1) is 11.6. The quantitative estimate of drug-likeness (QED) is 0.872. The standard InChI is InChI=1S/C15H18O3/c16-14(17)15(8-2-1-3-9-15)12-6-4-5-11-7-10-18-13(11)12/h4-6H,1-3,7-10H2,(H,16,17). The Morgan fingerprint density at radius 1 is 1.22 bits per heavy atom.